The predicted octanol–water partition coefficient (Wildman–Crippen LogP) is 4.58. The van der Waals surface area contributed by atoms with Crippen LogP contribution in [0.5, 0.6) is 11.5 Å². The van der Waals surface area contributed by atoms with Crippen LogP contribution in [0.1, 0.15) is 18.1 Å². The first-order valence-electron chi connectivity index (χ1n) is 6.44. The Labute approximate surface area is 126 Å². The third kappa shape index (κ3) is 3.58. The van der Waals surface area contributed by atoms with Crippen molar-refractivity contribution in [3.63, 3.8) is 0 Å². The highest BCUT2D eigenvalue weighted by Gasteiger charge is 2.12. The number of rotatable bonds is 4. The van der Waals surface area contributed by atoms with Crippen molar-refractivity contribution < 1.29 is 9.13 Å². The molecule has 1 unspecified atom stereocenters. The van der Waals surface area contributed by atoms with Gasteiger partial charge in [0.1, 0.15) is 17.3 Å². The third-order valence-corrected chi connectivity index (χ3v) is 3.85. The van der Waals surface area contributed by atoms with Crippen LogP contribution in [0.2, 0.25) is 0 Å². The number of aryl methyl sites for hydroxylation is 1. The van der Waals surface area contributed by atoms with Crippen LogP contribution in [0.3, 0.4) is 0 Å². The summed E-state index contributed by atoms with van der Waals surface area (Å²) < 4.78 is 20.7. The zero-order valence-corrected chi connectivity index (χ0v) is 13.1. The highest BCUT2D eigenvalue weighted by atomic mass is 79.9. The number of hydrogen-bond acceptors (Lipinski definition) is 2. The lowest BCUT2D eigenvalue weighted by atomic mass is 10.1. The van der Waals surface area contributed by atoms with Gasteiger partial charge in [0.05, 0.1) is 0 Å². The second-order valence-electron chi connectivity index (χ2n) is 4.91. The van der Waals surface area contributed by atoms with E-state index < -0.39 is 0 Å². The monoisotopic (exact) mass is 337 g/mol. The Morgan fingerprint density at radius 3 is 2.70 bits per heavy atom. The van der Waals surface area contributed by atoms with Crippen LogP contribution in [0.25, 0.3) is 0 Å². The van der Waals surface area contributed by atoms with Gasteiger partial charge in [-0.2, -0.15) is 0 Å². The lowest BCUT2D eigenvalue weighted by molar-refractivity contribution is 0.463. The molecule has 2 aromatic carbocycles. The molecule has 2 aromatic rings. The van der Waals surface area contributed by atoms with Crippen molar-refractivity contribution in [2.45, 2.75) is 26.3 Å². The summed E-state index contributed by atoms with van der Waals surface area (Å²) in [6.07, 6.45) is 0.442. The molecule has 0 heterocycles. The van der Waals surface area contributed by atoms with Crippen LogP contribution in [0, 0.1) is 12.7 Å². The summed E-state index contributed by atoms with van der Waals surface area (Å²) in [5.41, 5.74) is 7.35. The lowest BCUT2D eigenvalue weighted by Gasteiger charge is -2.14. The topological polar surface area (TPSA) is 35.2 Å². The molecule has 0 fully saturated rings. The largest absolute Gasteiger partial charge is 0.457 e. The first-order valence-corrected chi connectivity index (χ1v) is 7.23. The van der Waals surface area contributed by atoms with E-state index in [9.17, 15) is 4.39 Å². The standard InChI is InChI=1S/C16H17BrFNO/c1-10-8-12(6-7-14(10)17)20-16-5-3-4-15(18)13(16)9-11(2)19/h3-8,11H,9,19H2,1-2H3. The van der Waals surface area contributed by atoms with Crippen LogP contribution < -0.4 is 10.5 Å². The fraction of sp³-hybridized carbons (Fsp3) is 0.250. The average Bonchev–Trinajstić information content (AvgIpc) is 2.38. The van der Waals surface area contributed by atoms with Crippen molar-refractivity contribution in [3.8, 4) is 11.5 Å². The highest BCUT2D eigenvalue weighted by Crippen LogP contribution is 2.30. The van der Waals surface area contributed by atoms with E-state index in [4.69, 9.17) is 10.5 Å². The van der Waals surface area contributed by atoms with Crippen molar-refractivity contribution in [2.24, 2.45) is 5.73 Å². The molecule has 0 saturated heterocycles. The summed E-state index contributed by atoms with van der Waals surface area (Å²) in [7, 11) is 0. The maximum atomic E-state index is 13.9. The molecule has 4 heteroatoms. The molecule has 106 valence electrons. The van der Waals surface area contributed by atoms with Crippen LogP contribution in [-0.4, -0.2) is 6.04 Å². The summed E-state index contributed by atoms with van der Waals surface area (Å²) in [6, 6.07) is 10.4. The summed E-state index contributed by atoms with van der Waals surface area (Å²) >= 11 is 3.44. The van der Waals surface area contributed by atoms with E-state index in [1.54, 1.807) is 12.1 Å². The molecule has 1 atom stereocenters. The van der Waals surface area contributed by atoms with Crippen molar-refractivity contribution in [2.75, 3.05) is 0 Å². The molecule has 0 bridgehead atoms. The maximum absolute atomic E-state index is 13.9. The molecule has 0 amide bonds. The highest BCUT2D eigenvalue weighted by molar-refractivity contribution is 9.10. The SMILES string of the molecule is Cc1cc(Oc2cccc(F)c2CC(C)N)ccc1Br. The van der Waals surface area contributed by atoms with E-state index in [0.717, 1.165) is 10.0 Å². The maximum Gasteiger partial charge on any atom is 0.133 e. The van der Waals surface area contributed by atoms with E-state index in [-0.39, 0.29) is 11.9 Å². The first kappa shape index (κ1) is 15.0. The van der Waals surface area contributed by atoms with Gasteiger partial charge in [0.25, 0.3) is 0 Å². The predicted molar refractivity (Wildman–Crippen MR) is 82.7 cm³/mol. The molecule has 0 aliphatic carbocycles. The van der Waals surface area contributed by atoms with Gasteiger partial charge in [0.15, 0.2) is 0 Å². The molecule has 2 nitrogen and oxygen atoms in total. The number of hydrogen-bond donors (Lipinski definition) is 1. The van der Waals surface area contributed by atoms with E-state index in [1.807, 2.05) is 32.0 Å². The summed E-state index contributed by atoms with van der Waals surface area (Å²) in [5.74, 6) is 0.917. The lowest BCUT2D eigenvalue weighted by Crippen LogP contribution is -2.19. The van der Waals surface area contributed by atoms with E-state index in [2.05, 4.69) is 15.9 Å². The Hall–Kier alpha value is -1.39. The van der Waals surface area contributed by atoms with Crippen LogP contribution in [0.15, 0.2) is 40.9 Å². The second-order valence-corrected chi connectivity index (χ2v) is 5.77. The van der Waals surface area contributed by atoms with E-state index >= 15 is 0 Å². The van der Waals surface area contributed by atoms with Crippen LogP contribution in [-0.2, 0) is 6.42 Å². The summed E-state index contributed by atoms with van der Waals surface area (Å²) in [4.78, 5) is 0. The number of benzene rings is 2. The van der Waals surface area contributed by atoms with Gasteiger partial charge in [0, 0.05) is 16.1 Å². The van der Waals surface area contributed by atoms with Crippen molar-refractivity contribution >= 4 is 15.9 Å². The second kappa shape index (κ2) is 6.37. The quantitative estimate of drug-likeness (QED) is 0.886. The zero-order chi connectivity index (χ0) is 14.7. The number of ether oxygens (including phenoxy) is 1. The minimum atomic E-state index is -0.284. The Kier molecular flexibility index (Phi) is 4.78. The van der Waals surface area contributed by atoms with Gasteiger partial charge in [-0.25, -0.2) is 4.39 Å². The fourth-order valence-electron chi connectivity index (χ4n) is 1.96. The molecule has 0 aromatic heterocycles. The smallest absolute Gasteiger partial charge is 0.133 e. The molecule has 0 saturated carbocycles. The van der Waals surface area contributed by atoms with Crippen molar-refractivity contribution in [1.29, 1.82) is 0 Å². The minimum Gasteiger partial charge on any atom is -0.457 e. The number of halogens is 2. The van der Waals surface area contributed by atoms with E-state index in [1.165, 1.54) is 6.07 Å². The minimum absolute atomic E-state index is 0.124. The molecule has 0 aliphatic heterocycles. The Balaban J connectivity index is 2.32. The van der Waals surface area contributed by atoms with Gasteiger partial charge in [-0.05, 0) is 56.2 Å². The van der Waals surface area contributed by atoms with Crippen LogP contribution >= 0.6 is 15.9 Å². The fourth-order valence-corrected chi connectivity index (χ4v) is 2.21. The summed E-state index contributed by atoms with van der Waals surface area (Å²) in [6.45, 7) is 3.82. The average molecular weight is 338 g/mol. The van der Waals surface area contributed by atoms with Gasteiger partial charge >= 0.3 is 0 Å². The molecule has 0 radical (unpaired) electrons. The van der Waals surface area contributed by atoms with E-state index in [0.29, 0.717) is 23.5 Å². The third-order valence-electron chi connectivity index (χ3n) is 2.96. The normalized spacial score (nSPS) is 12.2. The van der Waals surface area contributed by atoms with Gasteiger partial charge in [-0.3, -0.25) is 0 Å². The first-order chi connectivity index (χ1) is 9.47. The molecule has 2 N–H and O–H groups in total. The zero-order valence-electron chi connectivity index (χ0n) is 11.5. The molecule has 20 heavy (non-hydrogen) atoms. The number of nitrogens with two attached hydrogens (primary N) is 1. The molecular weight excluding hydrogens is 321 g/mol. The Bertz CT molecular complexity index is 613. The summed E-state index contributed by atoms with van der Waals surface area (Å²) in [5, 5.41) is 0. The molecule has 0 aliphatic rings. The van der Waals surface area contributed by atoms with Gasteiger partial charge in [-0.1, -0.05) is 22.0 Å². The van der Waals surface area contributed by atoms with Gasteiger partial charge < -0.3 is 10.5 Å². The van der Waals surface area contributed by atoms with Crippen LogP contribution in [0.4, 0.5) is 4.39 Å². The Morgan fingerprint density at radius 1 is 1.30 bits per heavy atom. The molecular formula is C16H17BrFNO. The Morgan fingerprint density at radius 2 is 2.05 bits per heavy atom. The van der Waals surface area contributed by atoms with Gasteiger partial charge in [-0.15, -0.1) is 0 Å². The molecule has 2 rings (SSSR count). The molecule has 0 spiro atoms. The van der Waals surface area contributed by atoms with Crippen molar-refractivity contribution in [3.05, 3.63) is 57.8 Å². The van der Waals surface area contributed by atoms with Crippen molar-refractivity contribution in [1.82, 2.24) is 0 Å². The van der Waals surface area contributed by atoms with Gasteiger partial charge in [0.2, 0.25) is 0 Å².